The number of hydrogen-bond donors (Lipinski definition) is 1. The van der Waals surface area contributed by atoms with Crippen molar-refractivity contribution in [1.82, 2.24) is 5.32 Å². The smallest absolute Gasteiger partial charge is 0.311 e. The minimum atomic E-state index is -0.416. The van der Waals surface area contributed by atoms with Crippen molar-refractivity contribution in [3.05, 3.63) is 33.9 Å². The topological polar surface area (TPSA) is 73.6 Å². The van der Waals surface area contributed by atoms with Crippen molar-refractivity contribution in [2.24, 2.45) is 0 Å². The van der Waals surface area contributed by atoms with E-state index in [9.17, 15) is 10.1 Å². The molecule has 0 aromatic heterocycles. The lowest BCUT2D eigenvalue weighted by Crippen LogP contribution is -2.21. The SMILES string of the molecule is CCCOCCOc1ccc(CNC(C)C)cc1[N+](=O)[O-]. The van der Waals surface area contributed by atoms with Gasteiger partial charge in [-0.05, 0) is 18.1 Å². The maximum atomic E-state index is 11.1. The van der Waals surface area contributed by atoms with Crippen molar-refractivity contribution in [2.75, 3.05) is 19.8 Å². The van der Waals surface area contributed by atoms with E-state index in [1.54, 1.807) is 12.1 Å². The molecule has 0 aliphatic heterocycles. The molecule has 0 atom stereocenters. The number of hydrogen-bond acceptors (Lipinski definition) is 5. The van der Waals surface area contributed by atoms with Gasteiger partial charge in [0.2, 0.25) is 0 Å². The molecule has 0 aliphatic carbocycles. The molecule has 0 bridgehead atoms. The molecule has 0 spiro atoms. The highest BCUT2D eigenvalue weighted by atomic mass is 16.6. The summed E-state index contributed by atoms with van der Waals surface area (Å²) in [5, 5.41) is 14.4. The second kappa shape index (κ2) is 9.31. The molecule has 0 aliphatic rings. The summed E-state index contributed by atoms with van der Waals surface area (Å²) in [7, 11) is 0. The van der Waals surface area contributed by atoms with Crippen LogP contribution in [0.2, 0.25) is 0 Å². The fraction of sp³-hybridized carbons (Fsp3) is 0.600. The largest absolute Gasteiger partial charge is 0.484 e. The summed E-state index contributed by atoms with van der Waals surface area (Å²) in [6.07, 6.45) is 0.942. The van der Waals surface area contributed by atoms with Crippen molar-refractivity contribution in [3.8, 4) is 5.75 Å². The number of nitrogens with one attached hydrogen (secondary N) is 1. The molecule has 0 unspecified atom stereocenters. The van der Waals surface area contributed by atoms with Crippen LogP contribution in [-0.4, -0.2) is 30.8 Å². The van der Waals surface area contributed by atoms with Gasteiger partial charge in [0.15, 0.2) is 5.75 Å². The molecule has 0 heterocycles. The first kappa shape index (κ1) is 17.4. The third-order valence-electron chi connectivity index (χ3n) is 2.77. The number of nitro benzene ring substituents is 1. The Labute approximate surface area is 125 Å². The van der Waals surface area contributed by atoms with E-state index in [0.29, 0.717) is 32.4 Å². The maximum absolute atomic E-state index is 11.1. The summed E-state index contributed by atoms with van der Waals surface area (Å²) in [4.78, 5) is 10.7. The Morgan fingerprint density at radius 3 is 2.67 bits per heavy atom. The number of nitro groups is 1. The Hall–Kier alpha value is -1.66. The first-order valence-electron chi connectivity index (χ1n) is 7.25. The zero-order valence-electron chi connectivity index (χ0n) is 12.9. The van der Waals surface area contributed by atoms with E-state index in [1.807, 2.05) is 26.8 Å². The highest BCUT2D eigenvalue weighted by molar-refractivity contribution is 5.48. The average molecular weight is 296 g/mol. The van der Waals surface area contributed by atoms with Gasteiger partial charge in [0.05, 0.1) is 11.5 Å². The quantitative estimate of drug-likeness (QED) is 0.408. The van der Waals surface area contributed by atoms with Crippen molar-refractivity contribution < 1.29 is 14.4 Å². The fourth-order valence-electron chi connectivity index (χ4n) is 1.72. The maximum Gasteiger partial charge on any atom is 0.311 e. The fourth-order valence-corrected chi connectivity index (χ4v) is 1.72. The Morgan fingerprint density at radius 2 is 2.05 bits per heavy atom. The molecule has 0 saturated heterocycles. The second-order valence-corrected chi connectivity index (χ2v) is 5.06. The van der Waals surface area contributed by atoms with Crippen LogP contribution in [0, 0.1) is 10.1 Å². The van der Waals surface area contributed by atoms with Crippen LogP contribution < -0.4 is 10.1 Å². The van der Waals surface area contributed by atoms with Gasteiger partial charge in [-0.2, -0.15) is 0 Å². The Kier molecular flexibility index (Phi) is 7.71. The predicted molar refractivity (Wildman–Crippen MR) is 81.7 cm³/mol. The summed E-state index contributed by atoms with van der Waals surface area (Å²) >= 11 is 0. The van der Waals surface area contributed by atoms with E-state index < -0.39 is 4.92 Å². The standard InChI is InChI=1S/C15H24N2O4/c1-4-7-20-8-9-21-15-6-5-13(11-16-12(2)3)10-14(15)17(18)19/h5-6,10,12,16H,4,7-9,11H2,1-3H3. The van der Waals surface area contributed by atoms with Crippen LogP contribution in [0.5, 0.6) is 5.75 Å². The van der Waals surface area contributed by atoms with E-state index in [4.69, 9.17) is 9.47 Å². The molecule has 0 fully saturated rings. The van der Waals surface area contributed by atoms with E-state index in [-0.39, 0.29) is 11.4 Å². The highest BCUT2D eigenvalue weighted by Crippen LogP contribution is 2.28. The van der Waals surface area contributed by atoms with Crippen LogP contribution in [0.1, 0.15) is 32.8 Å². The minimum absolute atomic E-state index is 0.00597. The minimum Gasteiger partial charge on any atom is -0.484 e. The van der Waals surface area contributed by atoms with Gasteiger partial charge in [0.1, 0.15) is 6.61 Å². The zero-order chi connectivity index (χ0) is 15.7. The molecule has 0 saturated carbocycles. The lowest BCUT2D eigenvalue weighted by atomic mass is 10.2. The van der Waals surface area contributed by atoms with Crippen molar-refractivity contribution in [1.29, 1.82) is 0 Å². The van der Waals surface area contributed by atoms with Gasteiger partial charge < -0.3 is 14.8 Å². The van der Waals surface area contributed by atoms with E-state index >= 15 is 0 Å². The first-order valence-corrected chi connectivity index (χ1v) is 7.25. The summed E-state index contributed by atoms with van der Waals surface area (Å²) in [6, 6.07) is 5.37. The van der Waals surface area contributed by atoms with Crippen molar-refractivity contribution in [3.63, 3.8) is 0 Å². The average Bonchev–Trinajstić information content (AvgIpc) is 2.45. The Bertz CT molecular complexity index is 449. The van der Waals surface area contributed by atoms with Crippen molar-refractivity contribution in [2.45, 2.75) is 39.8 Å². The molecule has 21 heavy (non-hydrogen) atoms. The molecule has 1 N–H and O–H groups in total. The number of rotatable bonds is 10. The molecule has 1 aromatic carbocycles. The van der Waals surface area contributed by atoms with Gasteiger partial charge >= 0.3 is 5.69 Å². The third-order valence-corrected chi connectivity index (χ3v) is 2.77. The summed E-state index contributed by atoms with van der Waals surface area (Å²) in [5.41, 5.74) is 0.860. The van der Waals surface area contributed by atoms with Crippen LogP contribution in [0.4, 0.5) is 5.69 Å². The normalized spacial score (nSPS) is 10.9. The molecule has 1 aromatic rings. The first-order chi connectivity index (χ1) is 10.0. The van der Waals surface area contributed by atoms with Crippen LogP contribution in [0.3, 0.4) is 0 Å². The van der Waals surface area contributed by atoms with Gasteiger partial charge in [0, 0.05) is 25.3 Å². The van der Waals surface area contributed by atoms with Gasteiger partial charge in [-0.25, -0.2) is 0 Å². The van der Waals surface area contributed by atoms with Crippen LogP contribution in [0.15, 0.2) is 18.2 Å². The van der Waals surface area contributed by atoms with E-state index in [0.717, 1.165) is 12.0 Å². The Morgan fingerprint density at radius 1 is 1.29 bits per heavy atom. The van der Waals surface area contributed by atoms with Crippen LogP contribution in [0.25, 0.3) is 0 Å². The Balaban J connectivity index is 2.64. The molecule has 1 rings (SSSR count). The highest BCUT2D eigenvalue weighted by Gasteiger charge is 2.16. The van der Waals surface area contributed by atoms with E-state index in [2.05, 4.69) is 5.32 Å². The molecular formula is C15H24N2O4. The lowest BCUT2D eigenvalue weighted by Gasteiger charge is -2.10. The molecule has 118 valence electrons. The molecule has 6 heteroatoms. The van der Waals surface area contributed by atoms with Crippen molar-refractivity contribution >= 4 is 5.69 Å². The predicted octanol–water partition coefficient (Wildman–Crippen LogP) is 2.90. The third kappa shape index (κ3) is 6.55. The second-order valence-electron chi connectivity index (χ2n) is 5.06. The van der Waals surface area contributed by atoms with Crippen LogP contribution >= 0.6 is 0 Å². The number of benzene rings is 1. The lowest BCUT2D eigenvalue weighted by molar-refractivity contribution is -0.386. The molecular weight excluding hydrogens is 272 g/mol. The number of nitrogens with zero attached hydrogens (tertiary/aromatic N) is 1. The van der Waals surface area contributed by atoms with E-state index in [1.165, 1.54) is 0 Å². The zero-order valence-corrected chi connectivity index (χ0v) is 12.9. The van der Waals surface area contributed by atoms with Gasteiger partial charge in [-0.1, -0.05) is 26.8 Å². The summed E-state index contributed by atoms with van der Waals surface area (Å²) < 4.78 is 10.7. The number of ether oxygens (including phenoxy) is 2. The summed E-state index contributed by atoms with van der Waals surface area (Å²) in [5.74, 6) is 0.286. The van der Waals surface area contributed by atoms with Crippen LogP contribution in [-0.2, 0) is 11.3 Å². The molecule has 6 nitrogen and oxygen atoms in total. The summed E-state index contributed by atoms with van der Waals surface area (Å²) in [6.45, 7) is 8.09. The monoisotopic (exact) mass is 296 g/mol. The molecule has 0 radical (unpaired) electrons. The van der Waals surface area contributed by atoms with Gasteiger partial charge in [-0.15, -0.1) is 0 Å². The molecule has 0 amide bonds. The van der Waals surface area contributed by atoms with Gasteiger partial charge in [0.25, 0.3) is 0 Å². The van der Waals surface area contributed by atoms with Gasteiger partial charge in [-0.3, -0.25) is 10.1 Å².